The summed E-state index contributed by atoms with van der Waals surface area (Å²) in [4.78, 5) is 11.3. The molecule has 100 valence electrons. The lowest BCUT2D eigenvalue weighted by atomic mass is 9.95. The van der Waals surface area contributed by atoms with E-state index >= 15 is 0 Å². The lowest BCUT2D eigenvalue weighted by molar-refractivity contribution is 0.115. The molecule has 5 heteroatoms. The number of hydrogen-bond acceptors (Lipinski definition) is 3. The van der Waals surface area contributed by atoms with Gasteiger partial charge < -0.3 is 15.2 Å². The highest BCUT2D eigenvalue weighted by atomic mass is 35.5. The van der Waals surface area contributed by atoms with Crippen LogP contribution in [0.2, 0.25) is 0 Å². The minimum absolute atomic E-state index is 0. The van der Waals surface area contributed by atoms with Crippen molar-refractivity contribution in [1.29, 1.82) is 0 Å². The molecule has 4 nitrogen and oxygen atoms in total. The van der Waals surface area contributed by atoms with Gasteiger partial charge in [0, 0.05) is 12.0 Å². The van der Waals surface area contributed by atoms with Crippen LogP contribution >= 0.6 is 12.4 Å². The van der Waals surface area contributed by atoms with Crippen LogP contribution in [-0.2, 0) is 4.74 Å². The third kappa shape index (κ3) is 2.44. The fraction of sp³-hybridized carbons (Fsp3) is 0.214. The third-order valence-electron chi connectivity index (χ3n) is 3.23. The number of carbonyl (C=O) groups excluding carboxylic acids is 1. The molecule has 1 fully saturated rings. The molecule has 1 aliphatic rings. The highest BCUT2D eigenvalue weighted by Gasteiger charge is 2.24. The summed E-state index contributed by atoms with van der Waals surface area (Å²) in [5.41, 5.74) is 0.768. The Kier molecular flexibility index (Phi) is 3.81. The number of halogens is 1. The first-order valence-corrected chi connectivity index (χ1v) is 5.89. The molecule has 2 N–H and O–H groups in total. The van der Waals surface area contributed by atoms with E-state index in [9.17, 15) is 9.90 Å². The van der Waals surface area contributed by atoms with Gasteiger partial charge in [0.05, 0.1) is 12.6 Å². The van der Waals surface area contributed by atoms with E-state index in [1.54, 1.807) is 6.07 Å². The predicted octanol–water partition coefficient (Wildman–Crippen LogP) is 3.14. The molecule has 0 spiro atoms. The number of ether oxygens (including phenoxy) is 1. The first kappa shape index (κ1) is 13.5. The number of hydrogen-bond donors (Lipinski definition) is 2. The van der Waals surface area contributed by atoms with Crippen molar-refractivity contribution < 1.29 is 14.6 Å². The predicted molar refractivity (Wildman–Crippen MR) is 74.7 cm³/mol. The van der Waals surface area contributed by atoms with Crippen molar-refractivity contribution in [3.05, 3.63) is 42.0 Å². The van der Waals surface area contributed by atoms with Crippen molar-refractivity contribution in [3.63, 3.8) is 0 Å². The van der Waals surface area contributed by atoms with Gasteiger partial charge >= 0.3 is 6.09 Å². The monoisotopic (exact) mass is 279 g/mol. The highest BCUT2D eigenvalue weighted by Crippen LogP contribution is 2.34. The van der Waals surface area contributed by atoms with Crippen LogP contribution in [-0.4, -0.2) is 17.8 Å². The van der Waals surface area contributed by atoms with E-state index in [0.29, 0.717) is 13.0 Å². The molecular weight excluding hydrogens is 266 g/mol. The number of aromatic hydroxyl groups is 1. The summed E-state index contributed by atoms with van der Waals surface area (Å²) >= 11 is 0. The first-order valence-electron chi connectivity index (χ1n) is 5.89. The quantitative estimate of drug-likeness (QED) is 0.843. The Balaban J connectivity index is 0.00000133. The average Bonchev–Trinajstić information content (AvgIpc) is 2.38. The maximum atomic E-state index is 11.3. The van der Waals surface area contributed by atoms with E-state index in [-0.39, 0.29) is 24.2 Å². The molecule has 0 bridgehead atoms. The molecule has 2 aromatic rings. The number of amides is 1. The zero-order valence-electron chi connectivity index (χ0n) is 10.1. The van der Waals surface area contributed by atoms with E-state index in [4.69, 9.17) is 4.74 Å². The van der Waals surface area contributed by atoms with E-state index in [1.165, 1.54) is 0 Å². The minimum Gasteiger partial charge on any atom is -0.508 e. The summed E-state index contributed by atoms with van der Waals surface area (Å²) in [5.74, 6) is 0.209. The summed E-state index contributed by atoms with van der Waals surface area (Å²) in [6, 6.07) is 11.1. The Morgan fingerprint density at radius 3 is 2.79 bits per heavy atom. The number of phenols is 1. The molecule has 1 saturated heterocycles. The van der Waals surface area contributed by atoms with Crippen LogP contribution < -0.4 is 5.32 Å². The number of benzene rings is 2. The van der Waals surface area contributed by atoms with Crippen molar-refractivity contribution in [2.75, 3.05) is 6.61 Å². The molecule has 1 aliphatic heterocycles. The largest absolute Gasteiger partial charge is 0.508 e. The van der Waals surface area contributed by atoms with Crippen LogP contribution in [0.15, 0.2) is 36.4 Å². The maximum absolute atomic E-state index is 11.3. The average molecular weight is 280 g/mol. The van der Waals surface area contributed by atoms with Crippen LogP contribution in [0.3, 0.4) is 0 Å². The SMILES string of the molecule is Cl.O=C1N[C@H](c2c(O)ccc3ccccc23)CCO1. The second-order valence-corrected chi connectivity index (χ2v) is 4.34. The molecule has 1 atom stereocenters. The molecule has 0 unspecified atom stereocenters. The minimum atomic E-state index is -0.432. The van der Waals surface area contributed by atoms with Crippen LogP contribution in [0.25, 0.3) is 10.8 Å². The molecule has 0 saturated carbocycles. The van der Waals surface area contributed by atoms with E-state index in [0.717, 1.165) is 16.3 Å². The van der Waals surface area contributed by atoms with Crippen molar-refractivity contribution >= 4 is 29.3 Å². The van der Waals surface area contributed by atoms with Gasteiger partial charge in [-0.05, 0) is 16.8 Å². The number of cyclic esters (lactones) is 1. The maximum Gasteiger partial charge on any atom is 0.407 e. The van der Waals surface area contributed by atoms with Crippen LogP contribution in [0.5, 0.6) is 5.75 Å². The fourth-order valence-corrected chi connectivity index (χ4v) is 2.39. The van der Waals surface area contributed by atoms with Crippen LogP contribution in [0.1, 0.15) is 18.0 Å². The van der Waals surface area contributed by atoms with Gasteiger partial charge in [0.15, 0.2) is 0 Å². The van der Waals surface area contributed by atoms with Gasteiger partial charge in [-0.3, -0.25) is 0 Å². The Morgan fingerprint density at radius 1 is 1.21 bits per heavy atom. The summed E-state index contributed by atoms with van der Waals surface area (Å²) < 4.78 is 4.85. The fourth-order valence-electron chi connectivity index (χ4n) is 2.39. The van der Waals surface area contributed by atoms with Gasteiger partial charge in [0.2, 0.25) is 0 Å². The van der Waals surface area contributed by atoms with Gasteiger partial charge in [-0.25, -0.2) is 4.79 Å². The lowest BCUT2D eigenvalue weighted by Gasteiger charge is -2.25. The number of rotatable bonds is 1. The summed E-state index contributed by atoms with van der Waals surface area (Å²) in [6.07, 6.45) is 0.228. The lowest BCUT2D eigenvalue weighted by Crippen LogP contribution is -2.35. The third-order valence-corrected chi connectivity index (χ3v) is 3.23. The van der Waals surface area contributed by atoms with Gasteiger partial charge in [0.1, 0.15) is 5.75 Å². The Bertz CT molecular complexity index is 615. The number of fused-ring (bicyclic) bond motifs is 1. The summed E-state index contributed by atoms with van der Waals surface area (Å²) in [5, 5.41) is 14.8. The molecule has 19 heavy (non-hydrogen) atoms. The smallest absolute Gasteiger partial charge is 0.407 e. The Labute approximate surface area is 116 Å². The summed E-state index contributed by atoms with van der Waals surface area (Å²) in [6.45, 7) is 0.374. The van der Waals surface area contributed by atoms with Crippen LogP contribution in [0.4, 0.5) is 4.79 Å². The second-order valence-electron chi connectivity index (χ2n) is 4.34. The normalized spacial score (nSPS) is 18.3. The molecule has 1 heterocycles. The van der Waals surface area contributed by atoms with E-state index in [1.807, 2.05) is 30.3 Å². The molecule has 2 aromatic carbocycles. The first-order chi connectivity index (χ1) is 8.75. The molecule has 0 radical (unpaired) electrons. The molecular formula is C14H14ClNO3. The van der Waals surface area contributed by atoms with Crippen molar-refractivity contribution in [3.8, 4) is 5.75 Å². The molecule has 1 amide bonds. The van der Waals surface area contributed by atoms with Gasteiger partial charge in [-0.1, -0.05) is 30.3 Å². The summed E-state index contributed by atoms with van der Waals surface area (Å²) in [7, 11) is 0. The number of carbonyl (C=O) groups is 1. The Hall–Kier alpha value is -1.94. The van der Waals surface area contributed by atoms with Crippen molar-refractivity contribution in [2.45, 2.75) is 12.5 Å². The van der Waals surface area contributed by atoms with Crippen molar-refractivity contribution in [2.24, 2.45) is 0 Å². The van der Waals surface area contributed by atoms with Gasteiger partial charge in [0.25, 0.3) is 0 Å². The van der Waals surface area contributed by atoms with E-state index in [2.05, 4.69) is 5.32 Å². The van der Waals surface area contributed by atoms with Gasteiger partial charge in [-0.15, -0.1) is 12.4 Å². The van der Waals surface area contributed by atoms with Gasteiger partial charge in [-0.2, -0.15) is 0 Å². The zero-order valence-corrected chi connectivity index (χ0v) is 10.9. The zero-order chi connectivity index (χ0) is 12.5. The standard InChI is InChI=1S/C14H13NO3.ClH/c16-12-6-5-9-3-1-2-4-10(9)13(12)11-7-8-18-14(17)15-11;/h1-6,11,16H,7-8H2,(H,15,17);1H/t11-;/m0./s1. The second kappa shape index (κ2) is 5.36. The highest BCUT2D eigenvalue weighted by molar-refractivity contribution is 5.88. The number of nitrogens with one attached hydrogen (secondary N) is 1. The number of alkyl carbamates (subject to hydrolysis) is 1. The number of phenolic OH excluding ortho intramolecular Hbond substituents is 1. The molecule has 0 aromatic heterocycles. The van der Waals surface area contributed by atoms with Crippen LogP contribution in [0, 0.1) is 0 Å². The molecule has 3 rings (SSSR count). The molecule has 0 aliphatic carbocycles. The Morgan fingerprint density at radius 2 is 2.00 bits per heavy atom. The van der Waals surface area contributed by atoms with E-state index < -0.39 is 6.09 Å². The van der Waals surface area contributed by atoms with Crippen molar-refractivity contribution in [1.82, 2.24) is 5.32 Å². The topological polar surface area (TPSA) is 58.6 Å².